The van der Waals surface area contributed by atoms with Crippen LogP contribution in [0.1, 0.15) is 17.3 Å². The summed E-state index contributed by atoms with van der Waals surface area (Å²) in [5, 5.41) is 2.01. The van der Waals surface area contributed by atoms with Gasteiger partial charge in [0.15, 0.2) is 5.78 Å². The molecule has 0 saturated heterocycles. The first kappa shape index (κ1) is 17.5. The van der Waals surface area contributed by atoms with Crippen LogP contribution in [0.4, 0.5) is 13.2 Å². The molecule has 0 aliphatic heterocycles. The van der Waals surface area contributed by atoms with Crippen molar-refractivity contribution in [3.8, 4) is 5.75 Å². The molecular formula is C13H12F3NO5. The summed E-state index contributed by atoms with van der Waals surface area (Å²) in [6.07, 6.45) is -4.88. The van der Waals surface area contributed by atoms with Gasteiger partial charge >= 0.3 is 18.2 Å². The van der Waals surface area contributed by atoms with Crippen LogP contribution in [0, 0.1) is 0 Å². The molecule has 120 valence electrons. The van der Waals surface area contributed by atoms with Gasteiger partial charge in [-0.1, -0.05) is 12.1 Å². The van der Waals surface area contributed by atoms with Gasteiger partial charge in [0.1, 0.15) is 5.75 Å². The molecule has 0 aliphatic rings. The molecule has 1 N–H and O–H groups in total. The monoisotopic (exact) mass is 319 g/mol. The fourth-order valence-corrected chi connectivity index (χ4v) is 1.40. The second-order valence-electron chi connectivity index (χ2n) is 3.90. The molecule has 0 spiro atoms. The van der Waals surface area contributed by atoms with E-state index in [0.717, 1.165) is 12.1 Å². The Balaban J connectivity index is 2.64. The Morgan fingerprint density at radius 1 is 1.23 bits per heavy atom. The molecule has 9 heteroatoms. The average Bonchev–Trinajstić information content (AvgIpc) is 2.43. The van der Waals surface area contributed by atoms with Gasteiger partial charge in [0.2, 0.25) is 0 Å². The van der Waals surface area contributed by atoms with Gasteiger partial charge < -0.3 is 14.8 Å². The fourth-order valence-electron chi connectivity index (χ4n) is 1.40. The Morgan fingerprint density at radius 2 is 1.91 bits per heavy atom. The zero-order valence-corrected chi connectivity index (χ0v) is 11.4. The van der Waals surface area contributed by atoms with Crippen LogP contribution in [0.15, 0.2) is 24.3 Å². The zero-order chi connectivity index (χ0) is 16.8. The maximum atomic E-state index is 12.1. The van der Waals surface area contributed by atoms with Gasteiger partial charge in [0.25, 0.3) is 0 Å². The molecule has 0 saturated carbocycles. The first-order chi connectivity index (χ1) is 10.2. The Bertz CT molecular complexity index is 571. The molecule has 0 aliphatic carbocycles. The summed E-state index contributed by atoms with van der Waals surface area (Å²) in [4.78, 5) is 34.0. The van der Waals surface area contributed by atoms with Gasteiger partial charge in [-0.15, -0.1) is 13.2 Å². The number of nitrogens with one attached hydrogen (secondary N) is 1. The number of Topliss-reactive ketones (excluding diaryl/α,β-unsaturated/α-hetero) is 1. The van der Waals surface area contributed by atoms with E-state index in [2.05, 4.69) is 9.47 Å². The highest BCUT2D eigenvalue weighted by Crippen LogP contribution is 2.23. The van der Waals surface area contributed by atoms with Crippen molar-refractivity contribution in [1.29, 1.82) is 0 Å². The predicted octanol–water partition coefficient (Wildman–Crippen LogP) is 1.45. The topological polar surface area (TPSA) is 81.7 Å². The van der Waals surface area contributed by atoms with E-state index in [0.29, 0.717) is 0 Å². The van der Waals surface area contributed by atoms with Gasteiger partial charge in [0, 0.05) is 5.56 Å². The van der Waals surface area contributed by atoms with E-state index in [9.17, 15) is 27.6 Å². The van der Waals surface area contributed by atoms with Crippen molar-refractivity contribution in [2.45, 2.75) is 13.3 Å². The lowest BCUT2D eigenvalue weighted by atomic mass is 10.1. The lowest BCUT2D eigenvalue weighted by molar-refractivity contribution is -0.274. The van der Waals surface area contributed by atoms with E-state index in [1.165, 1.54) is 19.1 Å². The van der Waals surface area contributed by atoms with Crippen molar-refractivity contribution in [1.82, 2.24) is 5.32 Å². The minimum absolute atomic E-state index is 0.00295. The standard InChI is InChI=1S/C13H12F3NO5/c1-2-21-12(20)11(19)17-7-10(18)8-4-3-5-9(6-8)22-13(14,15)16/h3-6H,2,7H2,1H3,(H,17,19). The molecule has 0 atom stereocenters. The van der Waals surface area contributed by atoms with Crippen molar-refractivity contribution in [2.24, 2.45) is 0 Å². The largest absolute Gasteiger partial charge is 0.573 e. The van der Waals surface area contributed by atoms with Gasteiger partial charge in [-0.2, -0.15) is 0 Å². The second kappa shape index (κ2) is 7.43. The number of carbonyl (C=O) groups is 3. The van der Waals surface area contributed by atoms with E-state index in [-0.39, 0.29) is 12.2 Å². The molecule has 1 amide bonds. The maximum absolute atomic E-state index is 12.1. The van der Waals surface area contributed by atoms with E-state index in [1.54, 1.807) is 0 Å². The molecule has 22 heavy (non-hydrogen) atoms. The van der Waals surface area contributed by atoms with Crippen LogP contribution in [0.3, 0.4) is 0 Å². The van der Waals surface area contributed by atoms with E-state index in [4.69, 9.17) is 0 Å². The average molecular weight is 319 g/mol. The smallest absolute Gasteiger partial charge is 0.459 e. The highest BCUT2D eigenvalue weighted by molar-refractivity contribution is 6.32. The Kier molecular flexibility index (Phi) is 5.90. The molecule has 0 unspecified atom stereocenters. The van der Waals surface area contributed by atoms with E-state index >= 15 is 0 Å². The highest BCUT2D eigenvalue weighted by Gasteiger charge is 2.31. The molecule has 6 nitrogen and oxygen atoms in total. The summed E-state index contributed by atoms with van der Waals surface area (Å²) < 4.78 is 44.3. The lowest BCUT2D eigenvalue weighted by Crippen LogP contribution is -2.36. The van der Waals surface area contributed by atoms with E-state index in [1.807, 2.05) is 5.32 Å². The Morgan fingerprint density at radius 3 is 2.50 bits per heavy atom. The van der Waals surface area contributed by atoms with Crippen LogP contribution in [-0.4, -0.2) is 37.2 Å². The number of rotatable bonds is 5. The molecule has 0 bridgehead atoms. The molecule has 0 heterocycles. The van der Waals surface area contributed by atoms with Crippen molar-refractivity contribution in [3.05, 3.63) is 29.8 Å². The van der Waals surface area contributed by atoms with Gasteiger partial charge in [-0.3, -0.25) is 9.59 Å². The third-order valence-electron chi connectivity index (χ3n) is 2.26. The van der Waals surface area contributed by atoms with Gasteiger partial charge in [-0.25, -0.2) is 4.79 Å². The van der Waals surface area contributed by atoms with Crippen LogP contribution in [0.2, 0.25) is 0 Å². The lowest BCUT2D eigenvalue weighted by Gasteiger charge is -2.10. The molecule has 1 rings (SSSR count). The minimum Gasteiger partial charge on any atom is -0.459 e. The van der Waals surface area contributed by atoms with Gasteiger partial charge in [-0.05, 0) is 19.1 Å². The Hall–Kier alpha value is -2.58. The highest BCUT2D eigenvalue weighted by atomic mass is 19.4. The third-order valence-corrected chi connectivity index (χ3v) is 2.26. The fraction of sp³-hybridized carbons (Fsp3) is 0.308. The molecule has 0 fully saturated rings. The number of ketones is 1. The molecular weight excluding hydrogens is 307 g/mol. The van der Waals surface area contributed by atoms with Crippen LogP contribution >= 0.6 is 0 Å². The number of benzene rings is 1. The number of ether oxygens (including phenoxy) is 2. The summed E-state index contributed by atoms with van der Waals surface area (Å²) in [6.45, 7) is 0.937. The normalized spacial score (nSPS) is 10.7. The maximum Gasteiger partial charge on any atom is 0.573 e. The number of esters is 1. The summed E-state index contributed by atoms with van der Waals surface area (Å²) in [7, 11) is 0. The van der Waals surface area contributed by atoms with Crippen molar-refractivity contribution in [3.63, 3.8) is 0 Å². The summed E-state index contributed by atoms with van der Waals surface area (Å²) in [6, 6.07) is 4.36. The molecule has 1 aromatic rings. The number of amides is 1. The number of alkyl halides is 3. The van der Waals surface area contributed by atoms with E-state index < -0.39 is 36.3 Å². The van der Waals surface area contributed by atoms with Crippen LogP contribution in [-0.2, 0) is 14.3 Å². The summed E-state index contributed by atoms with van der Waals surface area (Å²) in [5.41, 5.74) is -0.106. The first-order valence-electron chi connectivity index (χ1n) is 6.07. The zero-order valence-electron chi connectivity index (χ0n) is 11.4. The SMILES string of the molecule is CCOC(=O)C(=O)NCC(=O)c1cccc(OC(F)(F)F)c1. The number of halogens is 3. The van der Waals surface area contributed by atoms with Crippen LogP contribution < -0.4 is 10.1 Å². The summed E-state index contributed by atoms with van der Waals surface area (Å²) >= 11 is 0. The van der Waals surface area contributed by atoms with Crippen LogP contribution in [0.25, 0.3) is 0 Å². The number of hydrogen-bond acceptors (Lipinski definition) is 5. The first-order valence-corrected chi connectivity index (χ1v) is 6.07. The summed E-state index contributed by atoms with van der Waals surface area (Å²) in [5.74, 6) is -3.51. The number of hydrogen-bond donors (Lipinski definition) is 1. The number of carbonyl (C=O) groups excluding carboxylic acids is 3. The van der Waals surface area contributed by atoms with Crippen molar-refractivity contribution >= 4 is 17.7 Å². The third kappa shape index (κ3) is 5.81. The molecule has 1 aromatic carbocycles. The quantitative estimate of drug-likeness (QED) is 0.505. The second-order valence-corrected chi connectivity index (χ2v) is 3.90. The Labute approximate surface area is 123 Å². The molecule has 0 radical (unpaired) electrons. The molecule has 0 aromatic heterocycles. The minimum atomic E-state index is -4.88. The van der Waals surface area contributed by atoms with Gasteiger partial charge in [0.05, 0.1) is 13.2 Å². The predicted molar refractivity (Wildman–Crippen MR) is 67.1 cm³/mol. The van der Waals surface area contributed by atoms with Crippen LogP contribution in [0.5, 0.6) is 5.75 Å². The van der Waals surface area contributed by atoms with Crippen molar-refractivity contribution < 1.29 is 37.0 Å². The van der Waals surface area contributed by atoms with Crippen molar-refractivity contribution in [2.75, 3.05) is 13.2 Å².